The number of benzene rings is 1. The van der Waals surface area contributed by atoms with E-state index in [9.17, 15) is 9.59 Å². The molecule has 104 valence electrons. The van der Waals surface area contributed by atoms with Gasteiger partial charge in [0.25, 0.3) is 5.91 Å². The van der Waals surface area contributed by atoms with Crippen molar-refractivity contribution in [3.8, 4) is 0 Å². The Morgan fingerprint density at radius 3 is 2.85 bits per heavy atom. The Morgan fingerprint density at radius 2 is 2.15 bits per heavy atom. The number of halogens is 1. The number of carbonyl (C=O) groups excluding carboxylic acids is 2. The van der Waals surface area contributed by atoms with Crippen molar-refractivity contribution < 1.29 is 9.59 Å². The Balaban J connectivity index is 1.77. The van der Waals surface area contributed by atoms with Crippen LogP contribution in [0.5, 0.6) is 0 Å². The number of nitrogens with one attached hydrogen (secondary N) is 3. The van der Waals surface area contributed by atoms with Crippen molar-refractivity contribution in [1.29, 1.82) is 0 Å². The third-order valence-corrected chi connectivity index (χ3v) is 2.56. The number of rotatable bonds is 5. The number of carbonyl (C=O) groups is 2. The molecule has 0 fully saturated rings. The Bertz CT molecular complexity index is 601. The van der Waals surface area contributed by atoms with Gasteiger partial charge in [-0.3, -0.25) is 9.59 Å². The summed E-state index contributed by atoms with van der Waals surface area (Å²) in [7, 11) is 0. The first-order chi connectivity index (χ1) is 9.65. The van der Waals surface area contributed by atoms with E-state index in [0.717, 1.165) is 0 Å². The molecule has 0 saturated carbocycles. The van der Waals surface area contributed by atoms with E-state index < -0.39 is 0 Å². The zero-order valence-corrected chi connectivity index (χ0v) is 11.0. The summed E-state index contributed by atoms with van der Waals surface area (Å²) in [6.07, 6.45) is 0. The number of aromatic nitrogens is 4. The third-order valence-electron chi connectivity index (χ3n) is 2.33. The molecule has 0 bridgehead atoms. The monoisotopic (exact) mass is 294 g/mol. The van der Waals surface area contributed by atoms with Gasteiger partial charge < -0.3 is 10.6 Å². The van der Waals surface area contributed by atoms with E-state index in [1.807, 2.05) is 0 Å². The van der Waals surface area contributed by atoms with E-state index in [1.54, 1.807) is 18.2 Å². The maximum atomic E-state index is 11.7. The molecule has 1 heterocycles. The van der Waals surface area contributed by atoms with Crippen LogP contribution in [0.2, 0.25) is 5.02 Å². The summed E-state index contributed by atoms with van der Waals surface area (Å²) in [6.45, 7) is -0.00837. The molecule has 1 aromatic heterocycles. The summed E-state index contributed by atoms with van der Waals surface area (Å²) >= 11 is 5.78. The van der Waals surface area contributed by atoms with Gasteiger partial charge in [-0.2, -0.15) is 5.21 Å². The lowest BCUT2D eigenvalue weighted by Gasteiger charge is -2.05. The highest BCUT2D eigenvalue weighted by molar-refractivity contribution is 6.30. The van der Waals surface area contributed by atoms with Crippen LogP contribution in [-0.4, -0.2) is 39.0 Å². The average Bonchev–Trinajstić information content (AvgIpc) is 2.95. The minimum absolute atomic E-state index is 0.141. The fourth-order valence-electron chi connectivity index (χ4n) is 1.39. The first kappa shape index (κ1) is 13.9. The van der Waals surface area contributed by atoms with Gasteiger partial charge in [-0.15, -0.1) is 10.2 Å². The molecule has 2 rings (SSSR count). The second kappa shape index (κ2) is 6.62. The van der Waals surface area contributed by atoms with Crippen molar-refractivity contribution in [1.82, 2.24) is 31.3 Å². The first-order valence-electron chi connectivity index (χ1n) is 5.68. The molecule has 0 saturated heterocycles. The van der Waals surface area contributed by atoms with Gasteiger partial charge in [-0.05, 0) is 18.2 Å². The number of tetrazole rings is 1. The summed E-state index contributed by atoms with van der Waals surface area (Å²) in [6, 6.07) is 6.45. The van der Waals surface area contributed by atoms with Gasteiger partial charge in [0, 0.05) is 10.6 Å². The van der Waals surface area contributed by atoms with Crippen LogP contribution in [0.25, 0.3) is 0 Å². The minimum Gasteiger partial charge on any atom is -0.347 e. The molecule has 2 aromatic rings. The summed E-state index contributed by atoms with van der Waals surface area (Å²) in [4.78, 5) is 23.2. The van der Waals surface area contributed by atoms with Gasteiger partial charge in [0.05, 0.1) is 13.1 Å². The number of hydrogen-bond acceptors (Lipinski definition) is 5. The molecule has 0 aliphatic rings. The maximum Gasteiger partial charge on any atom is 0.251 e. The molecule has 20 heavy (non-hydrogen) atoms. The van der Waals surface area contributed by atoms with Crippen LogP contribution >= 0.6 is 11.6 Å². The molecule has 0 spiro atoms. The number of nitrogens with zero attached hydrogens (tertiary/aromatic N) is 3. The second-order valence-electron chi connectivity index (χ2n) is 3.80. The van der Waals surface area contributed by atoms with Crippen LogP contribution in [0.15, 0.2) is 24.3 Å². The molecule has 0 aliphatic carbocycles. The SMILES string of the molecule is O=C(CNC(=O)c1cccc(Cl)c1)NCc1nn[nH]n1. The molecule has 0 atom stereocenters. The van der Waals surface area contributed by atoms with E-state index >= 15 is 0 Å². The zero-order chi connectivity index (χ0) is 14.4. The predicted octanol–water partition coefficient (Wildman–Crippen LogP) is -0.101. The van der Waals surface area contributed by atoms with Crippen LogP contribution in [0, 0.1) is 0 Å². The Kier molecular flexibility index (Phi) is 4.61. The highest BCUT2D eigenvalue weighted by atomic mass is 35.5. The lowest BCUT2D eigenvalue weighted by atomic mass is 10.2. The molecule has 1 aromatic carbocycles. The van der Waals surface area contributed by atoms with Gasteiger partial charge in [0.2, 0.25) is 5.91 Å². The van der Waals surface area contributed by atoms with Crippen LogP contribution in [0.4, 0.5) is 0 Å². The maximum absolute atomic E-state index is 11.7. The Labute approximate surface area is 118 Å². The van der Waals surface area contributed by atoms with Gasteiger partial charge in [-0.25, -0.2) is 0 Å². The standard InChI is InChI=1S/C11H11ClN6O2/c12-8-3-1-2-7(4-8)11(20)14-6-10(19)13-5-9-15-17-18-16-9/h1-4H,5-6H2,(H,13,19)(H,14,20)(H,15,16,17,18). The largest absolute Gasteiger partial charge is 0.347 e. The molecular weight excluding hydrogens is 284 g/mol. The van der Waals surface area contributed by atoms with Crippen molar-refractivity contribution in [2.24, 2.45) is 0 Å². The van der Waals surface area contributed by atoms with E-state index in [-0.39, 0.29) is 24.9 Å². The molecular formula is C11H11ClN6O2. The number of H-pyrrole nitrogens is 1. The van der Waals surface area contributed by atoms with Gasteiger partial charge >= 0.3 is 0 Å². The average molecular weight is 295 g/mol. The van der Waals surface area contributed by atoms with Crippen molar-refractivity contribution in [3.05, 3.63) is 40.7 Å². The third kappa shape index (κ3) is 4.02. The Hall–Kier alpha value is -2.48. The van der Waals surface area contributed by atoms with E-state index in [1.165, 1.54) is 6.07 Å². The number of aromatic amines is 1. The van der Waals surface area contributed by atoms with E-state index in [2.05, 4.69) is 31.3 Å². The normalized spacial score (nSPS) is 10.1. The lowest BCUT2D eigenvalue weighted by molar-refractivity contribution is -0.120. The first-order valence-corrected chi connectivity index (χ1v) is 6.06. The molecule has 9 heteroatoms. The van der Waals surface area contributed by atoms with Crippen LogP contribution in [0.3, 0.4) is 0 Å². The lowest BCUT2D eigenvalue weighted by Crippen LogP contribution is -2.36. The molecule has 3 N–H and O–H groups in total. The van der Waals surface area contributed by atoms with E-state index in [0.29, 0.717) is 16.4 Å². The van der Waals surface area contributed by atoms with Crippen molar-refractivity contribution >= 4 is 23.4 Å². The van der Waals surface area contributed by atoms with Gasteiger partial charge in [0.1, 0.15) is 0 Å². The predicted molar refractivity (Wildman–Crippen MR) is 69.8 cm³/mol. The zero-order valence-electron chi connectivity index (χ0n) is 10.3. The van der Waals surface area contributed by atoms with Crippen LogP contribution < -0.4 is 10.6 Å². The Morgan fingerprint density at radius 1 is 1.30 bits per heavy atom. The quantitative estimate of drug-likeness (QED) is 0.713. The molecule has 2 amide bonds. The molecule has 0 aliphatic heterocycles. The van der Waals surface area contributed by atoms with Gasteiger partial charge in [-0.1, -0.05) is 22.9 Å². The fraction of sp³-hybridized carbons (Fsp3) is 0.182. The van der Waals surface area contributed by atoms with Crippen LogP contribution in [0.1, 0.15) is 16.2 Å². The summed E-state index contributed by atoms with van der Waals surface area (Å²) < 4.78 is 0. The smallest absolute Gasteiger partial charge is 0.251 e. The highest BCUT2D eigenvalue weighted by Gasteiger charge is 2.08. The summed E-state index contributed by atoms with van der Waals surface area (Å²) in [5.74, 6) is -0.369. The van der Waals surface area contributed by atoms with Crippen molar-refractivity contribution in [2.45, 2.75) is 6.54 Å². The van der Waals surface area contributed by atoms with Crippen LogP contribution in [-0.2, 0) is 11.3 Å². The number of amides is 2. The summed E-state index contributed by atoms with van der Waals surface area (Å²) in [5.41, 5.74) is 0.392. The van der Waals surface area contributed by atoms with Gasteiger partial charge in [0.15, 0.2) is 5.82 Å². The number of hydrogen-bond donors (Lipinski definition) is 3. The molecule has 0 radical (unpaired) electrons. The highest BCUT2D eigenvalue weighted by Crippen LogP contribution is 2.10. The summed E-state index contributed by atoms with van der Waals surface area (Å²) in [5, 5.41) is 18.5. The fourth-order valence-corrected chi connectivity index (χ4v) is 1.58. The molecule has 0 unspecified atom stereocenters. The van der Waals surface area contributed by atoms with E-state index in [4.69, 9.17) is 11.6 Å². The minimum atomic E-state index is -0.373. The van der Waals surface area contributed by atoms with Crippen molar-refractivity contribution in [3.63, 3.8) is 0 Å². The topological polar surface area (TPSA) is 113 Å². The van der Waals surface area contributed by atoms with Crippen molar-refractivity contribution in [2.75, 3.05) is 6.54 Å². The molecule has 8 nitrogen and oxygen atoms in total. The second-order valence-corrected chi connectivity index (χ2v) is 4.23.